The molecule has 2 aromatic carbocycles. The van der Waals surface area contributed by atoms with E-state index in [4.69, 9.17) is 9.47 Å². The lowest BCUT2D eigenvalue weighted by molar-refractivity contribution is -0.133. The van der Waals surface area contributed by atoms with Crippen LogP contribution in [0.1, 0.15) is 16.1 Å². The Balaban J connectivity index is 1.53. The maximum absolute atomic E-state index is 12.3. The molecular weight excluding hydrogens is 438 g/mol. The predicted octanol–water partition coefficient (Wildman–Crippen LogP) is 3.66. The molecule has 150 valence electrons. The van der Waals surface area contributed by atoms with Gasteiger partial charge in [0.25, 0.3) is 5.91 Å². The smallest absolute Gasteiger partial charge is 0.356 e. The van der Waals surface area contributed by atoms with Crippen LogP contribution in [0, 0.1) is 0 Å². The maximum Gasteiger partial charge on any atom is 0.356 e. The maximum atomic E-state index is 12.3. The van der Waals surface area contributed by atoms with E-state index in [1.165, 1.54) is 4.90 Å². The van der Waals surface area contributed by atoms with Gasteiger partial charge in [0.05, 0.1) is 12.8 Å². The van der Waals surface area contributed by atoms with Crippen molar-refractivity contribution < 1.29 is 19.1 Å². The molecule has 3 rings (SSSR count). The first-order valence-corrected chi connectivity index (χ1v) is 9.61. The number of methoxy groups -OCH3 is 1. The van der Waals surface area contributed by atoms with E-state index in [-0.39, 0.29) is 18.2 Å². The Hall–Kier alpha value is -3.13. The van der Waals surface area contributed by atoms with Crippen molar-refractivity contribution in [1.29, 1.82) is 0 Å². The van der Waals surface area contributed by atoms with Gasteiger partial charge in [0.2, 0.25) is 0 Å². The van der Waals surface area contributed by atoms with Crippen molar-refractivity contribution in [3.05, 3.63) is 70.3 Å². The molecule has 0 spiro atoms. The molecule has 0 bridgehead atoms. The molecule has 0 atom stereocenters. The molecule has 0 saturated heterocycles. The van der Waals surface area contributed by atoms with Crippen LogP contribution < -0.4 is 4.74 Å². The van der Waals surface area contributed by atoms with Gasteiger partial charge in [0.15, 0.2) is 6.61 Å². The van der Waals surface area contributed by atoms with Gasteiger partial charge in [-0.1, -0.05) is 40.2 Å². The number of hydrogen-bond donors (Lipinski definition) is 1. The van der Waals surface area contributed by atoms with Crippen LogP contribution in [-0.2, 0) is 16.1 Å². The van der Waals surface area contributed by atoms with Crippen LogP contribution in [0.2, 0.25) is 0 Å². The second-order valence-corrected chi connectivity index (χ2v) is 7.26. The van der Waals surface area contributed by atoms with Gasteiger partial charge in [-0.3, -0.25) is 9.89 Å². The quantitative estimate of drug-likeness (QED) is 0.547. The summed E-state index contributed by atoms with van der Waals surface area (Å²) in [5, 5.41) is 6.77. The zero-order chi connectivity index (χ0) is 20.8. The number of ether oxygens (including phenoxy) is 2. The number of aromatic amines is 1. The molecule has 3 aromatic rings. The van der Waals surface area contributed by atoms with Gasteiger partial charge in [-0.15, -0.1) is 0 Å². The molecule has 0 aliphatic carbocycles. The van der Waals surface area contributed by atoms with Crippen LogP contribution in [-0.4, -0.2) is 47.7 Å². The summed E-state index contributed by atoms with van der Waals surface area (Å²) in [6.45, 7) is 0.0519. The Bertz CT molecular complexity index is 984. The number of nitrogens with zero attached hydrogens (tertiary/aromatic N) is 2. The lowest BCUT2D eigenvalue weighted by atomic mass is 10.1. The van der Waals surface area contributed by atoms with Crippen molar-refractivity contribution in [2.24, 2.45) is 0 Å². The fraction of sp³-hybridized carbons (Fsp3) is 0.190. The van der Waals surface area contributed by atoms with Gasteiger partial charge < -0.3 is 14.4 Å². The highest BCUT2D eigenvalue weighted by Gasteiger charge is 2.16. The Kier molecular flexibility index (Phi) is 6.66. The van der Waals surface area contributed by atoms with E-state index in [0.717, 1.165) is 21.3 Å². The van der Waals surface area contributed by atoms with Crippen molar-refractivity contribution in [3.63, 3.8) is 0 Å². The summed E-state index contributed by atoms with van der Waals surface area (Å²) in [6.07, 6.45) is 0. The van der Waals surface area contributed by atoms with Crippen molar-refractivity contribution in [1.82, 2.24) is 15.1 Å². The summed E-state index contributed by atoms with van der Waals surface area (Å²) in [5.74, 6) is -0.187. The zero-order valence-electron chi connectivity index (χ0n) is 16.0. The first-order valence-electron chi connectivity index (χ1n) is 8.81. The summed E-state index contributed by atoms with van der Waals surface area (Å²) in [6, 6.07) is 16.5. The molecule has 1 heterocycles. The number of aromatic nitrogens is 2. The topological polar surface area (TPSA) is 84.5 Å². The number of rotatable bonds is 7. The van der Waals surface area contributed by atoms with E-state index in [9.17, 15) is 9.59 Å². The summed E-state index contributed by atoms with van der Waals surface area (Å²) in [7, 11) is 3.25. The van der Waals surface area contributed by atoms with Crippen LogP contribution in [0.3, 0.4) is 0 Å². The largest absolute Gasteiger partial charge is 0.497 e. The highest BCUT2D eigenvalue weighted by Crippen LogP contribution is 2.20. The molecule has 0 aliphatic heterocycles. The fourth-order valence-corrected chi connectivity index (χ4v) is 2.87. The van der Waals surface area contributed by atoms with E-state index in [2.05, 4.69) is 26.1 Å². The minimum atomic E-state index is -0.632. The third-order valence-corrected chi connectivity index (χ3v) is 4.80. The Morgan fingerprint density at radius 2 is 1.79 bits per heavy atom. The third kappa shape index (κ3) is 5.45. The van der Waals surface area contributed by atoms with Gasteiger partial charge in [-0.2, -0.15) is 5.10 Å². The normalized spacial score (nSPS) is 10.4. The molecule has 7 nitrogen and oxygen atoms in total. The van der Waals surface area contributed by atoms with Crippen molar-refractivity contribution in [3.8, 4) is 17.0 Å². The number of likely N-dealkylation sites (N-methyl/N-ethyl adjacent to an activating group) is 1. The van der Waals surface area contributed by atoms with Crippen LogP contribution in [0.5, 0.6) is 5.75 Å². The second kappa shape index (κ2) is 9.38. The monoisotopic (exact) mass is 457 g/mol. The number of carbonyl (C=O) groups excluding carboxylic acids is 2. The lowest BCUT2D eigenvalue weighted by Gasteiger charge is -2.17. The number of H-pyrrole nitrogens is 1. The molecular formula is C21H20BrN3O4. The van der Waals surface area contributed by atoms with Crippen LogP contribution >= 0.6 is 15.9 Å². The van der Waals surface area contributed by atoms with E-state index < -0.39 is 5.97 Å². The van der Waals surface area contributed by atoms with Gasteiger partial charge in [-0.25, -0.2) is 4.79 Å². The van der Waals surface area contributed by atoms with Crippen molar-refractivity contribution >= 4 is 27.8 Å². The summed E-state index contributed by atoms with van der Waals surface area (Å²) in [5.41, 5.74) is 2.61. The number of hydrogen-bond acceptors (Lipinski definition) is 5. The number of carbonyl (C=O) groups is 2. The zero-order valence-corrected chi connectivity index (χ0v) is 17.6. The van der Waals surface area contributed by atoms with Crippen LogP contribution in [0.25, 0.3) is 11.3 Å². The third-order valence-electron chi connectivity index (χ3n) is 4.27. The Labute approximate surface area is 176 Å². The number of benzene rings is 2. The van der Waals surface area contributed by atoms with Gasteiger partial charge >= 0.3 is 5.97 Å². The van der Waals surface area contributed by atoms with Gasteiger partial charge in [-0.05, 0) is 35.9 Å². The molecule has 0 saturated carbocycles. The molecule has 0 aliphatic rings. The van der Waals surface area contributed by atoms with E-state index >= 15 is 0 Å². The van der Waals surface area contributed by atoms with Crippen LogP contribution in [0.4, 0.5) is 0 Å². The van der Waals surface area contributed by atoms with E-state index in [1.807, 2.05) is 48.5 Å². The average Bonchev–Trinajstić information content (AvgIpc) is 3.23. The molecule has 0 fully saturated rings. The van der Waals surface area contributed by atoms with Crippen molar-refractivity contribution in [2.75, 3.05) is 20.8 Å². The SMILES string of the molecule is COc1ccc(CN(C)C(=O)COC(=O)c2cc(-c3ccc(Br)cc3)n[nH]2)cc1. The number of nitrogens with one attached hydrogen (secondary N) is 1. The first kappa shape index (κ1) is 20.6. The summed E-state index contributed by atoms with van der Waals surface area (Å²) in [4.78, 5) is 26.0. The molecule has 1 N–H and O–H groups in total. The summed E-state index contributed by atoms with van der Waals surface area (Å²) < 4.78 is 11.2. The molecule has 1 aromatic heterocycles. The Morgan fingerprint density at radius 3 is 2.45 bits per heavy atom. The lowest BCUT2D eigenvalue weighted by Crippen LogP contribution is -2.30. The van der Waals surface area contributed by atoms with E-state index in [0.29, 0.717) is 12.2 Å². The number of amides is 1. The minimum Gasteiger partial charge on any atom is -0.497 e. The molecule has 29 heavy (non-hydrogen) atoms. The van der Waals surface area contributed by atoms with Gasteiger partial charge in [0.1, 0.15) is 11.4 Å². The minimum absolute atomic E-state index is 0.188. The average molecular weight is 458 g/mol. The first-order chi connectivity index (χ1) is 14.0. The molecule has 0 radical (unpaired) electrons. The highest BCUT2D eigenvalue weighted by molar-refractivity contribution is 9.10. The summed E-state index contributed by atoms with van der Waals surface area (Å²) >= 11 is 3.38. The van der Waals surface area contributed by atoms with Crippen LogP contribution in [0.15, 0.2) is 59.1 Å². The molecule has 1 amide bonds. The highest BCUT2D eigenvalue weighted by atomic mass is 79.9. The predicted molar refractivity (Wildman–Crippen MR) is 111 cm³/mol. The molecule has 8 heteroatoms. The number of halogens is 1. The molecule has 0 unspecified atom stereocenters. The van der Waals surface area contributed by atoms with Crippen molar-refractivity contribution in [2.45, 2.75) is 6.54 Å². The standard InChI is InChI=1S/C21H20BrN3O4/c1-25(12-14-3-9-17(28-2)10-4-14)20(26)13-29-21(27)19-11-18(23-24-19)15-5-7-16(22)8-6-15/h3-11H,12-13H2,1-2H3,(H,23,24). The number of esters is 1. The van der Waals surface area contributed by atoms with Gasteiger partial charge in [0, 0.05) is 23.6 Å². The fourth-order valence-electron chi connectivity index (χ4n) is 2.60. The van der Waals surface area contributed by atoms with E-state index in [1.54, 1.807) is 20.2 Å². The second-order valence-electron chi connectivity index (χ2n) is 6.35. The Morgan fingerprint density at radius 1 is 1.10 bits per heavy atom.